The molecule has 1 N–H and O–H groups in total. The minimum absolute atomic E-state index is 0.144. The molecule has 0 radical (unpaired) electrons. The first-order chi connectivity index (χ1) is 11.8. The summed E-state index contributed by atoms with van der Waals surface area (Å²) in [5.41, 5.74) is 4.08. The van der Waals surface area contributed by atoms with Gasteiger partial charge in [0.1, 0.15) is 0 Å². The van der Waals surface area contributed by atoms with Crippen LogP contribution in [-0.2, 0) is 14.8 Å². The molecule has 0 saturated heterocycles. The minimum Gasteiger partial charge on any atom is -0.272 e. The first-order valence-electron chi connectivity index (χ1n) is 7.39. The van der Waals surface area contributed by atoms with Crippen molar-refractivity contribution in [2.45, 2.75) is 11.8 Å². The summed E-state index contributed by atoms with van der Waals surface area (Å²) in [4.78, 5) is 12.0. The van der Waals surface area contributed by atoms with Gasteiger partial charge in [0, 0.05) is 11.5 Å². The van der Waals surface area contributed by atoms with Crippen molar-refractivity contribution in [3.8, 4) is 0 Å². The van der Waals surface area contributed by atoms with Crippen molar-refractivity contribution in [2.24, 2.45) is 5.10 Å². The fourth-order valence-corrected chi connectivity index (χ4v) is 3.52. The molecule has 25 heavy (non-hydrogen) atoms. The lowest BCUT2D eigenvalue weighted by atomic mass is 10.2. The quantitative estimate of drug-likeness (QED) is 0.572. The minimum atomic E-state index is -3.72. The molecule has 2 rings (SSSR count). The third-order valence-corrected chi connectivity index (χ3v) is 5.66. The van der Waals surface area contributed by atoms with Gasteiger partial charge in [-0.05, 0) is 36.8 Å². The van der Waals surface area contributed by atoms with Crippen molar-refractivity contribution in [3.63, 3.8) is 0 Å². The summed E-state index contributed by atoms with van der Waals surface area (Å²) in [5, 5.41) is 3.84. The van der Waals surface area contributed by atoms with Gasteiger partial charge in [-0.25, -0.2) is 13.8 Å². The molecule has 0 heterocycles. The van der Waals surface area contributed by atoms with Crippen molar-refractivity contribution >= 4 is 38.1 Å². The summed E-state index contributed by atoms with van der Waals surface area (Å²) < 4.78 is 26.7. The van der Waals surface area contributed by atoms with Crippen LogP contribution in [0.25, 0.3) is 0 Å². The van der Waals surface area contributed by atoms with Gasteiger partial charge in [-0.15, -0.1) is 0 Å². The number of rotatable bonds is 6. The first kappa shape index (κ1) is 19.3. The Morgan fingerprint density at radius 2 is 1.92 bits per heavy atom. The van der Waals surface area contributed by atoms with E-state index in [1.807, 2.05) is 31.2 Å². The van der Waals surface area contributed by atoms with E-state index in [1.54, 1.807) is 12.1 Å². The number of carbonyl (C=O) groups is 1. The molecule has 0 aliphatic carbocycles. The molecule has 0 saturated carbocycles. The predicted octanol–water partition coefficient (Wildman–Crippen LogP) is 2.53. The van der Waals surface area contributed by atoms with Crippen LogP contribution in [0, 0.1) is 6.92 Å². The average Bonchev–Trinajstić information content (AvgIpc) is 2.55. The SMILES string of the molecule is Cc1ccc(S(=O)(=O)N(C)CC(=O)N/N=C\c2cccc(Br)c2)cc1. The van der Waals surface area contributed by atoms with Gasteiger partial charge in [-0.1, -0.05) is 45.8 Å². The van der Waals surface area contributed by atoms with Crippen molar-refractivity contribution in [1.82, 2.24) is 9.73 Å². The Labute approximate surface area is 155 Å². The van der Waals surface area contributed by atoms with Crippen LogP contribution in [-0.4, -0.2) is 38.4 Å². The smallest absolute Gasteiger partial charge is 0.255 e. The van der Waals surface area contributed by atoms with Crippen molar-refractivity contribution in [3.05, 3.63) is 64.1 Å². The van der Waals surface area contributed by atoms with Gasteiger partial charge >= 0.3 is 0 Å². The maximum Gasteiger partial charge on any atom is 0.255 e. The van der Waals surface area contributed by atoms with E-state index in [1.165, 1.54) is 25.4 Å². The zero-order valence-corrected chi connectivity index (χ0v) is 16.2. The standard InChI is InChI=1S/C17H18BrN3O3S/c1-13-6-8-16(9-7-13)25(23,24)21(2)12-17(22)20-19-11-14-4-3-5-15(18)10-14/h3-11H,12H2,1-2H3,(H,20,22)/b19-11-. The Kier molecular flexibility index (Phi) is 6.46. The summed E-state index contributed by atoms with van der Waals surface area (Å²) in [5.74, 6) is -0.524. The number of sulfonamides is 1. The third kappa shape index (κ3) is 5.48. The van der Waals surface area contributed by atoms with Gasteiger partial charge < -0.3 is 0 Å². The highest BCUT2D eigenvalue weighted by molar-refractivity contribution is 9.10. The monoisotopic (exact) mass is 423 g/mol. The maximum atomic E-state index is 12.4. The lowest BCUT2D eigenvalue weighted by molar-refractivity contribution is -0.121. The second-order valence-corrected chi connectivity index (χ2v) is 8.38. The summed E-state index contributed by atoms with van der Waals surface area (Å²) in [6, 6.07) is 13.8. The molecule has 0 atom stereocenters. The van der Waals surface area contributed by atoms with Crippen molar-refractivity contribution in [2.75, 3.05) is 13.6 Å². The van der Waals surface area contributed by atoms with E-state index in [0.29, 0.717) is 0 Å². The Morgan fingerprint density at radius 3 is 2.56 bits per heavy atom. The maximum absolute atomic E-state index is 12.4. The summed E-state index contributed by atoms with van der Waals surface area (Å²) in [6.07, 6.45) is 1.48. The van der Waals surface area contributed by atoms with E-state index in [9.17, 15) is 13.2 Å². The molecular formula is C17H18BrN3O3S. The van der Waals surface area contributed by atoms with E-state index < -0.39 is 15.9 Å². The Morgan fingerprint density at radius 1 is 1.24 bits per heavy atom. The van der Waals surface area contributed by atoms with Crippen LogP contribution in [0.5, 0.6) is 0 Å². The molecule has 0 aliphatic rings. The van der Waals surface area contributed by atoms with E-state index in [0.717, 1.165) is 19.9 Å². The molecule has 2 aromatic rings. The lowest BCUT2D eigenvalue weighted by Gasteiger charge is -2.16. The number of nitrogens with zero attached hydrogens (tertiary/aromatic N) is 2. The molecule has 0 aliphatic heterocycles. The van der Waals surface area contributed by atoms with Crippen molar-refractivity contribution < 1.29 is 13.2 Å². The number of benzene rings is 2. The van der Waals surface area contributed by atoms with Crippen LogP contribution in [0.15, 0.2) is 63.0 Å². The number of aryl methyl sites for hydroxylation is 1. The zero-order valence-electron chi connectivity index (χ0n) is 13.8. The fraction of sp³-hybridized carbons (Fsp3) is 0.176. The van der Waals surface area contributed by atoms with Gasteiger partial charge in [-0.3, -0.25) is 4.79 Å². The van der Waals surface area contributed by atoms with Crippen LogP contribution in [0.1, 0.15) is 11.1 Å². The predicted molar refractivity (Wildman–Crippen MR) is 101 cm³/mol. The van der Waals surface area contributed by atoms with Crippen molar-refractivity contribution in [1.29, 1.82) is 0 Å². The molecule has 6 nitrogen and oxygen atoms in total. The average molecular weight is 424 g/mol. The molecule has 0 aromatic heterocycles. The molecule has 0 unspecified atom stereocenters. The Bertz CT molecular complexity index is 880. The molecule has 8 heteroatoms. The summed E-state index contributed by atoms with van der Waals surface area (Å²) >= 11 is 3.34. The molecule has 0 spiro atoms. The van der Waals surface area contributed by atoms with E-state index in [2.05, 4.69) is 26.5 Å². The second kappa shape index (κ2) is 8.37. The molecule has 1 amide bonds. The Hall–Kier alpha value is -2.03. The van der Waals surface area contributed by atoms with Crippen LogP contribution >= 0.6 is 15.9 Å². The molecule has 0 bridgehead atoms. The van der Waals surface area contributed by atoms with E-state index >= 15 is 0 Å². The number of likely N-dealkylation sites (N-methyl/N-ethyl adjacent to an activating group) is 1. The highest BCUT2D eigenvalue weighted by Crippen LogP contribution is 2.14. The Balaban J connectivity index is 1.96. The number of nitrogens with one attached hydrogen (secondary N) is 1. The molecule has 2 aromatic carbocycles. The third-order valence-electron chi connectivity index (χ3n) is 3.35. The lowest BCUT2D eigenvalue weighted by Crippen LogP contribution is -2.36. The highest BCUT2D eigenvalue weighted by atomic mass is 79.9. The van der Waals surface area contributed by atoms with Gasteiger partial charge in [0.05, 0.1) is 17.7 Å². The molecule has 132 valence electrons. The number of amides is 1. The van der Waals surface area contributed by atoms with Gasteiger partial charge in [0.15, 0.2) is 0 Å². The fourth-order valence-electron chi connectivity index (χ4n) is 1.98. The molecule has 0 fully saturated rings. The van der Waals surface area contributed by atoms with E-state index in [4.69, 9.17) is 0 Å². The number of carbonyl (C=O) groups excluding carboxylic acids is 1. The van der Waals surface area contributed by atoms with Gasteiger partial charge in [-0.2, -0.15) is 9.41 Å². The van der Waals surface area contributed by atoms with Crippen LogP contribution in [0.3, 0.4) is 0 Å². The summed E-state index contributed by atoms with van der Waals surface area (Å²) in [6.45, 7) is 1.54. The molecular weight excluding hydrogens is 406 g/mol. The normalized spacial score (nSPS) is 11.8. The number of hydrazone groups is 1. The summed E-state index contributed by atoms with van der Waals surface area (Å²) in [7, 11) is -2.37. The zero-order chi connectivity index (χ0) is 18.4. The number of hydrogen-bond acceptors (Lipinski definition) is 4. The largest absolute Gasteiger partial charge is 0.272 e. The van der Waals surface area contributed by atoms with Crippen LogP contribution < -0.4 is 5.43 Å². The van der Waals surface area contributed by atoms with Crippen LogP contribution in [0.4, 0.5) is 0 Å². The topological polar surface area (TPSA) is 78.8 Å². The first-order valence-corrected chi connectivity index (χ1v) is 9.63. The van der Waals surface area contributed by atoms with E-state index in [-0.39, 0.29) is 11.4 Å². The second-order valence-electron chi connectivity index (χ2n) is 5.42. The van der Waals surface area contributed by atoms with Gasteiger partial charge in [0.25, 0.3) is 5.91 Å². The van der Waals surface area contributed by atoms with Crippen LogP contribution in [0.2, 0.25) is 0 Å². The highest BCUT2D eigenvalue weighted by Gasteiger charge is 2.22. The number of hydrogen-bond donors (Lipinski definition) is 1. The van der Waals surface area contributed by atoms with Gasteiger partial charge in [0.2, 0.25) is 10.0 Å². The number of halogens is 1.